The number of halogens is 1. The minimum absolute atomic E-state index is 0.110. The van der Waals surface area contributed by atoms with Crippen LogP contribution in [0.1, 0.15) is 17.5 Å². The van der Waals surface area contributed by atoms with Crippen LogP contribution in [0.25, 0.3) is 10.9 Å². The third-order valence-electron chi connectivity index (χ3n) is 4.43. The molecular formula is C19H18FN3O2. The average Bonchev–Trinajstić information content (AvgIpc) is 2.63. The van der Waals surface area contributed by atoms with Gasteiger partial charge in [-0.15, -0.1) is 0 Å². The predicted molar refractivity (Wildman–Crippen MR) is 92.7 cm³/mol. The highest BCUT2D eigenvalue weighted by Crippen LogP contribution is 2.23. The monoisotopic (exact) mass is 339 g/mol. The van der Waals surface area contributed by atoms with Crippen molar-refractivity contribution < 1.29 is 9.13 Å². The lowest BCUT2D eigenvalue weighted by atomic mass is 10.1. The van der Waals surface area contributed by atoms with E-state index >= 15 is 0 Å². The summed E-state index contributed by atoms with van der Waals surface area (Å²) in [5.41, 5.74) is 1.53. The summed E-state index contributed by atoms with van der Waals surface area (Å²) in [4.78, 5) is 21.8. The smallest absolute Gasteiger partial charge is 0.258 e. The Labute approximate surface area is 144 Å². The summed E-state index contributed by atoms with van der Waals surface area (Å²) in [6.07, 6.45) is -0.110. The Morgan fingerprint density at radius 2 is 2.00 bits per heavy atom. The Kier molecular flexibility index (Phi) is 4.29. The number of para-hydroxylation sites is 1. The van der Waals surface area contributed by atoms with Crippen molar-refractivity contribution in [2.24, 2.45) is 0 Å². The molecule has 0 spiro atoms. The average molecular weight is 339 g/mol. The Balaban J connectivity index is 1.52. The molecule has 0 radical (unpaired) electrons. The highest BCUT2D eigenvalue weighted by Gasteiger charge is 2.22. The maximum Gasteiger partial charge on any atom is 0.258 e. The second kappa shape index (κ2) is 6.74. The van der Waals surface area contributed by atoms with Crippen LogP contribution >= 0.6 is 0 Å². The largest absolute Gasteiger partial charge is 0.371 e. The van der Waals surface area contributed by atoms with Crippen molar-refractivity contribution in [2.75, 3.05) is 19.7 Å². The first-order chi connectivity index (χ1) is 12.2. The number of aromatic amines is 1. The van der Waals surface area contributed by atoms with E-state index in [1.165, 1.54) is 12.1 Å². The maximum absolute atomic E-state index is 13.1. The Bertz CT molecular complexity index is 939. The zero-order chi connectivity index (χ0) is 17.2. The summed E-state index contributed by atoms with van der Waals surface area (Å²) >= 11 is 0. The first-order valence-electron chi connectivity index (χ1n) is 8.26. The molecule has 0 unspecified atom stereocenters. The minimum atomic E-state index is -0.255. The number of H-pyrrole nitrogens is 1. The number of hydrogen-bond donors (Lipinski definition) is 1. The van der Waals surface area contributed by atoms with E-state index in [0.29, 0.717) is 36.4 Å². The SMILES string of the molecule is O=c1[nH]c(CN2CCO[C@@H](c3ccc(F)cc3)C2)nc2ccccc12. The van der Waals surface area contributed by atoms with Crippen LogP contribution in [0.15, 0.2) is 53.3 Å². The van der Waals surface area contributed by atoms with Gasteiger partial charge in [0.25, 0.3) is 5.56 Å². The fraction of sp³-hybridized carbons (Fsp3) is 0.263. The molecule has 1 fully saturated rings. The molecule has 2 heterocycles. The minimum Gasteiger partial charge on any atom is -0.371 e. The maximum atomic E-state index is 13.1. The van der Waals surface area contributed by atoms with E-state index in [4.69, 9.17) is 4.74 Å². The summed E-state index contributed by atoms with van der Waals surface area (Å²) < 4.78 is 18.9. The van der Waals surface area contributed by atoms with Crippen LogP contribution in [0.5, 0.6) is 0 Å². The van der Waals surface area contributed by atoms with Crippen molar-refractivity contribution in [3.8, 4) is 0 Å². The van der Waals surface area contributed by atoms with Crippen LogP contribution < -0.4 is 5.56 Å². The van der Waals surface area contributed by atoms with Gasteiger partial charge in [0.2, 0.25) is 0 Å². The highest BCUT2D eigenvalue weighted by molar-refractivity contribution is 5.77. The number of nitrogens with zero attached hydrogens (tertiary/aromatic N) is 2. The van der Waals surface area contributed by atoms with Crippen LogP contribution in [0.2, 0.25) is 0 Å². The van der Waals surface area contributed by atoms with Crippen molar-refractivity contribution in [3.05, 3.63) is 76.1 Å². The molecule has 3 aromatic rings. The number of aromatic nitrogens is 2. The van der Waals surface area contributed by atoms with Crippen LogP contribution in [0, 0.1) is 5.82 Å². The van der Waals surface area contributed by atoms with Crippen molar-refractivity contribution in [1.29, 1.82) is 0 Å². The summed E-state index contributed by atoms with van der Waals surface area (Å²) in [6.45, 7) is 2.55. The van der Waals surface area contributed by atoms with E-state index in [9.17, 15) is 9.18 Å². The van der Waals surface area contributed by atoms with Crippen molar-refractivity contribution >= 4 is 10.9 Å². The molecule has 4 rings (SSSR count). The van der Waals surface area contributed by atoms with Gasteiger partial charge in [0, 0.05) is 13.1 Å². The first-order valence-corrected chi connectivity index (χ1v) is 8.26. The van der Waals surface area contributed by atoms with Gasteiger partial charge in [-0.25, -0.2) is 9.37 Å². The van der Waals surface area contributed by atoms with Gasteiger partial charge in [-0.2, -0.15) is 0 Å². The molecule has 0 bridgehead atoms. The molecule has 2 aromatic carbocycles. The van der Waals surface area contributed by atoms with Gasteiger partial charge in [0.1, 0.15) is 11.6 Å². The lowest BCUT2D eigenvalue weighted by Crippen LogP contribution is -2.38. The quantitative estimate of drug-likeness (QED) is 0.797. The predicted octanol–water partition coefficient (Wildman–Crippen LogP) is 2.64. The number of ether oxygens (including phenoxy) is 1. The van der Waals surface area contributed by atoms with Crippen LogP contribution in [-0.4, -0.2) is 34.6 Å². The Morgan fingerprint density at radius 3 is 2.84 bits per heavy atom. The molecule has 1 aliphatic rings. The topological polar surface area (TPSA) is 58.2 Å². The summed E-state index contributed by atoms with van der Waals surface area (Å²) in [5, 5.41) is 0.595. The standard InChI is InChI=1S/C19H18FN3O2/c20-14-7-5-13(6-8-14)17-11-23(9-10-25-17)12-18-21-16-4-2-1-3-15(16)19(24)22-18/h1-8,17H,9-12H2,(H,21,22,24)/t17-/m1/s1. The Morgan fingerprint density at radius 1 is 1.20 bits per heavy atom. The number of fused-ring (bicyclic) bond motifs is 1. The molecule has 0 amide bonds. The lowest BCUT2D eigenvalue weighted by molar-refractivity contribution is -0.0336. The fourth-order valence-corrected chi connectivity index (χ4v) is 3.15. The molecule has 1 aliphatic heterocycles. The van der Waals surface area contributed by atoms with Crippen LogP contribution in [-0.2, 0) is 11.3 Å². The van der Waals surface area contributed by atoms with Gasteiger partial charge in [0.05, 0.1) is 30.2 Å². The number of nitrogens with one attached hydrogen (secondary N) is 1. The zero-order valence-corrected chi connectivity index (χ0v) is 13.6. The molecule has 0 aliphatic carbocycles. The van der Waals surface area contributed by atoms with E-state index < -0.39 is 0 Å². The van der Waals surface area contributed by atoms with E-state index in [1.54, 1.807) is 18.2 Å². The highest BCUT2D eigenvalue weighted by atomic mass is 19.1. The number of rotatable bonds is 3. The van der Waals surface area contributed by atoms with Crippen molar-refractivity contribution in [3.63, 3.8) is 0 Å². The van der Waals surface area contributed by atoms with Gasteiger partial charge in [0.15, 0.2) is 0 Å². The van der Waals surface area contributed by atoms with Gasteiger partial charge >= 0.3 is 0 Å². The van der Waals surface area contributed by atoms with E-state index in [-0.39, 0.29) is 17.5 Å². The van der Waals surface area contributed by atoms with E-state index in [0.717, 1.165) is 12.1 Å². The Hall–Kier alpha value is -2.57. The molecule has 0 saturated carbocycles. The third-order valence-corrected chi connectivity index (χ3v) is 4.43. The molecule has 6 heteroatoms. The van der Waals surface area contributed by atoms with Gasteiger partial charge in [-0.3, -0.25) is 9.69 Å². The zero-order valence-electron chi connectivity index (χ0n) is 13.6. The summed E-state index contributed by atoms with van der Waals surface area (Å²) in [7, 11) is 0. The number of morpholine rings is 1. The second-order valence-electron chi connectivity index (χ2n) is 6.18. The van der Waals surface area contributed by atoms with Gasteiger partial charge < -0.3 is 9.72 Å². The lowest BCUT2D eigenvalue weighted by Gasteiger charge is -2.32. The fourth-order valence-electron chi connectivity index (χ4n) is 3.15. The molecule has 25 heavy (non-hydrogen) atoms. The third kappa shape index (κ3) is 3.45. The second-order valence-corrected chi connectivity index (χ2v) is 6.18. The number of benzene rings is 2. The normalized spacial score (nSPS) is 18.5. The van der Waals surface area contributed by atoms with Gasteiger partial charge in [-0.05, 0) is 29.8 Å². The van der Waals surface area contributed by atoms with Crippen molar-refractivity contribution in [2.45, 2.75) is 12.6 Å². The van der Waals surface area contributed by atoms with Crippen LogP contribution in [0.3, 0.4) is 0 Å². The van der Waals surface area contributed by atoms with Crippen molar-refractivity contribution in [1.82, 2.24) is 14.9 Å². The number of hydrogen-bond acceptors (Lipinski definition) is 4. The molecular weight excluding hydrogens is 321 g/mol. The van der Waals surface area contributed by atoms with E-state index in [1.807, 2.05) is 18.2 Å². The van der Waals surface area contributed by atoms with Gasteiger partial charge in [-0.1, -0.05) is 24.3 Å². The summed E-state index contributed by atoms with van der Waals surface area (Å²) in [5.74, 6) is 0.387. The molecule has 128 valence electrons. The van der Waals surface area contributed by atoms with E-state index in [2.05, 4.69) is 14.9 Å². The summed E-state index contributed by atoms with van der Waals surface area (Å²) in [6, 6.07) is 13.7. The first kappa shape index (κ1) is 15.9. The van der Waals surface area contributed by atoms with Crippen LogP contribution in [0.4, 0.5) is 4.39 Å². The molecule has 1 N–H and O–H groups in total. The molecule has 1 atom stereocenters. The molecule has 1 saturated heterocycles. The molecule has 5 nitrogen and oxygen atoms in total. The molecule has 1 aromatic heterocycles.